The van der Waals surface area contributed by atoms with E-state index in [1.165, 1.54) is 0 Å². The third-order valence-electron chi connectivity index (χ3n) is 1.24. The van der Waals surface area contributed by atoms with Crippen LogP contribution in [0.15, 0.2) is 0 Å². The molecule has 0 aliphatic carbocycles. The normalized spacial score (nSPS) is 11.0. The van der Waals surface area contributed by atoms with Crippen LogP contribution in [0.1, 0.15) is 33.1 Å². The molecule has 0 bridgehead atoms. The fourth-order valence-corrected chi connectivity index (χ4v) is 1.23. The summed E-state index contributed by atoms with van der Waals surface area (Å²) in [6.07, 6.45) is 2.19. The first-order chi connectivity index (χ1) is 5.70. The third kappa shape index (κ3) is 6.25. The fraction of sp³-hybridized carbons (Fsp3) is 0.857. The SMILES string of the molecule is CCCCO[P+](=O)NC(=O)CC. The van der Waals surface area contributed by atoms with Gasteiger partial charge in [-0.15, -0.1) is 9.61 Å². The molecule has 1 amide bonds. The summed E-state index contributed by atoms with van der Waals surface area (Å²) in [6.45, 7) is 4.15. The van der Waals surface area contributed by atoms with Crippen molar-refractivity contribution in [2.24, 2.45) is 0 Å². The van der Waals surface area contributed by atoms with Crippen LogP contribution in [0.2, 0.25) is 0 Å². The number of hydrogen-bond acceptors (Lipinski definition) is 3. The van der Waals surface area contributed by atoms with Crippen LogP contribution in [-0.4, -0.2) is 12.5 Å². The molecule has 1 unspecified atom stereocenters. The summed E-state index contributed by atoms with van der Waals surface area (Å²) in [4.78, 5) is 10.7. The van der Waals surface area contributed by atoms with Gasteiger partial charge < -0.3 is 0 Å². The number of carbonyl (C=O) groups is 1. The van der Waals surface area contributed by atoms with Gasteiger partial charge >= 0.3 is 8.18 Å². The van der Waals surface area contributed by atoms with Gasteiger partial charge in [0.25, 0.3) is 5.91 Å². The molecule has 0 aliphatic rings. The van der Waals surface area contributed by atoms with Crippen LogP contribution in [0, 0.1) is 0 Å². The number of amides is 1. The molecule has 0 saturated heterocycles. The van der Waals surface area contributed by atoms with Gasteiger partial charge in [-0.3, -0.25) is 4.79 Å². The number of rotatable bonds is 6. The van der Waals surface area contributed by atoms with E-state index in [0.717, 1.165) is 12.8 Å². The van der Waals surface area contributed by atoms with E-state index in [1.54, 1.807) is 6.92 Å². The summed E-state index contributed by atoms with van der Waals surface area (Å²) in [5.74, 6) is -0.243. The first-order valence-electron chi connectivity index (χ1n) is 4.10. The lowest BCUT2D eigenvalue weighted by atomic mass is 10.4. The number of hydrogen-bond donors (Lipinski definition) is 1. The fourth-order valence-electron chi connectivity index (χ4n) is 0.505. The van der Waals surface area contributed by atoms with E-state index in [2.05, 4.69) is 5.09 Å². The molecule has 12 heavy (non-hydrogen) atoms. The minimum atomic E-state index is -1.99. The van der Waals surface area contributed by atoms with E-state index < -0.39 is 8.18 Å². The van der Waals surface area contributed by atoms with Crippen LogP contribution in [-0.2, 0) is 13.9 Å². The van der Waals surface area contributed by atoms with Crippen molar-refractivity contribution in [3.05, 3.63) is 0 Å². The Bertz CT molecular complexity index is 161. The Morgan fingerprint density at radius 3 is 2.67 bits per heavy atom. The highest BCUT2D eigenvalue weighted by molar-refractivity contribution is 7.37. The lowest BCUT2D eigenvalue weighted by Crippen LogP contribution is -2.14. The molecule has 0 aliphatic heterocycles. The number of nitrogens with one attached hydrogen (secondary N) is 1. The molecule has 0 aromatic heterocycles. The lowest BCUT2D eigenvalue weighted by molar-refractivity contribution is -0.119. The quantitative estimate of drug-likeness (QED) is 0.517. The lowest BCUT2D eigenvalue weighted by Gasteiger charge is -1.90. The molecule has 0 radical (unpaired) electrons. The average Bonchev–Trinajstić information content (AvgIpc) is 2.05. The summed E-state index contributed by atoms with van der Waals surface area (Å²) in [5.41, 5.74) is 0. The second-order valence-electron chi connectivity index (χ2n) is 2.33. The van der Waals surface area contributed by atoms with Gasteiger partial charge in [0.15, 0.2) is 0 Å². The summed E-state index contributed by atoms with van der Waals surface area (Å²) < 4.78 is 15.7. The predicted octanol–water partition coefficient (Wildman–Crippen LogP) is 1.99. The first-order valence-corrected chi connectivity index (χ1v) is 5.28. The molecule has 70 valence electrons. The Labute approximate surface area is 73.6 Å². The van der Waals surface area contributed by atoms with Gasteiger partial charge in [-0.1, -0.05) is 20.3 Å². The van der Waals surface area contributed by atoms with E-state index in [4.69, 9.17) is 4.52 Å². The van der Waals surface area contributed by atoms with Crippen molar-refractivity contribution in [2.45, 2.75) is 33.1 Å². The number of unbranched alkanes of at least 4 members (excludes halogenated alkanes) is 1. The maximum absolute atomic E-state index is 10.9. The highest BCUT2D eigenvalue weighted by Crippen LogP contribution is 2.16. The number of carbonyl (C=O) groups excluding carboxylic acids is 1. The minimum Gasteiger partial charge on any atom is -0.271 e. The molecule has 1 atom stereocenters. The zero-order valence-corrected chi connectivity index (χ0v) is 8.39. The summed E-state index contributed by atoms with van der Waals surface area (Å²) in [7, 11) is -1.99. The van der Waals surface area contributed by atoms with Crippen LogP contribution in [0.25, 0.3) is 0 Å². The zero-order chi connectivity index (χ0) is 9.40. The second-order valence-corrected chi connectivity index (χ2v) is 3.33. The van der Waals surface area contributed by atoms with E-state index in [9.17, 15) is 9.36 Å². The molecule has 4 nitrogen and oxygen atoms in total. The van der Waals surface area contributed by atoms with Crippen LogP contribution in [0.5, 0.6) is 0 Å². The van der Waals surface area contributed by atoms with Crippen molar-refractivity contribution in [1.29, 1.82) is 0 Å². The molecule has 0 rings (SSSR count). The summed E-state index contributed by atoms with van der Waals surface area (Å²) in [5, 5.41) is 2.24. The van der Waals surface area contributed by atoms with Crippen molar-refractivity contribution in [3.63, 3.8) is 0 Å². The molecule has 5 heteroatoms. The molecule has 1 N–H and O–H groups in total. The third-order valence-corrected chi connectivity index (χ3v) is 2.09. The van der Waals surface area contributed by atoms with Gasteiger partial charge in [-0.2, -0.15) is 0 Å². The van der Waals surface area contributed by atoms with Gasteiger partial charge in [0.2, 0.25) is 0 Å². The Morgan fingerprint density at radius 2 is 2.17 bits per heavy atom. The minimum absolute atomic E-state index is 0.243. The maximum atomic E-state index is 10.9. The van der Waals surface area contributed by atoms with Crippen molar-refractivity contribution >= 4 is 14.1 Å². The Morgan fingerprint density at radius 1 is 1.50 bits per heavy atom. The summed E-state index contributed by atoms with van der Waals surface area (Å²) in [6, 6.07) is 0. The van der Waals surface area contributed by atoms with Crippen molar-refractivity contribution in [1.82, 2.24) is 5.09 Å². The molecular formula is C7H15NO3P+. The van der Waals surface area contributed by atoms with Crippen LogP contribution < -0.4 is 5.09 Å². The van der Waals surface area contributed by atoms with E-state index >= 15 is 0 Å². The molecule has 0 aromatic carbocycles. The van der Waals surface area contributed by atoms with E-state index in [1.807, 2.05) is 6.92 Å². The molecule has 0 fully saturated rings. The van der Waals surface area contributed by atoms with Crippen LogP contribution in [0.3, 0.4) is 0 Å². The molecule has 0 aromatic rings. The Kier molecular flexibility index (Phi) is 6.91. The topological polar surface area (TPSA) is 55.4 Å². The van der Waals surface area contributed by atoms with Gasteiger partial charge in [-0.05, 0) is 11.0 Å². The van der Waals surface area contributed by atoms with Gasteiger partial charge in [-0.25, -0.2) is 0 Å². The highest BCUT2D eigenvalue weighted by atomic mass is 31.1. The smallest absolute Gasteiger partial charge is 0.271 e. The van der Waals surface area contributed by atoms with Crippen LogP contribution >= 0.6 is 8.18 Å². The van der Waals surface area contributed by atoms with Crippen molar-refractivity contribution in [3.8, 4) is 0 Å². The van der Waals surface area contributed by atoms with Gasteiger partial charge in [0.1, 0.15) is 6.61 Å². The molecular weight excluding hydrogens is 177 g/mol. The summed E-state index contributed by atoms with van der Waals surface area (Å²) >= 11 is 0. The van der Waals surface area contributed by atoms with Gasteiger partial charge in [0.05, 0.1) is 0 Å². The Balaban J connectivity index is 3.40. The average molecular weight is 192 g/mol. The zero-order valence-electron chi connectivity index (χ0n) is 7.50. The maximum Gasteiger partial charge on any atom is 0.645 e. The monoisotopic (exact) mass is 192 g/mol. The molecule has 0 spiro atoms. The second kappa shape index (κ2) is 7.19. The largest absolute Gasteiger partial charge is 0.645 e. The van der Waals surface area contributed by atoms with Crippen molar-refractivity contribution in [2.75, 3.05) is 6.61 Å². The van der Waals surface area contributed by atoms with Crippen molar-refractivity contribution < 1.29 is 13.9 Å². The molecule has 0 saturated carbocycles. The Hall–Kier alpha value is -0.470. The molecule has 0 heterocycles. The highest BCUT2D eigenvalue weighted by Gasteiger charge is 2.19. The van der Waals surface area contributed by atoms with Crippen LogP contribution in [0.4, 0.5) is 0 Å². The van der Waals surface area contributed by atoms with E-state index in [0.29, 0.717) is 13.0 Å². The standard InChI is InChI=1S/C7H14NO3P/c1-3-5-6-11-12(10)8-7(9)4-2/h3-6H2,1-2H3/p+1. The first kappa shape index (κ1) is 11.5. The van der Waals surface area contributed by atoms with Gasteiger partial charge in [0, 0.05) is 6.42 Å². The predicted molar refractivity (Wildman–Crippen MR) is 46.9 cm³/mol. The van der Waals surface area contributed by atoms with E-state index in [-0.39, 0.29) is 5.91 Å².